The van der Waals surface area contributed by atoms with Crippen LogP contribution in [0.15, 0.2) is 22.6 Å². The molecule has 0 fully saturated rings. The summed E-state index contributed by atoms with van der Waals surface area (Å²) >= 11 is 0. The van der Waals surface area contributed by atoms with Crippen molar-refractivity contribution in [2.75, 3.05) is 0 Å². The zero-order valence-corrected chi connectivity index (χ0v) is 10.2. The highest BCUT2D eigenvalue weighted by molar-refractivity contribution is 5.68. The summed E-state index contributed by atoms with van der Waals surface area (Å²) in [5.74, 6) is -1.53. The van der Waals surface area contributed by atoms with E-state index >= 15 is 0 Å². The number of carbonyl (C=O) groups excluding carboxylic acids is 2. The van der Waals surface area contributed by atoms with Crippen LogP contribution < -0.4 is 0 Å². The van der Waals surface area contributed by atoms with Gasteiger partial charge in [-0.15, -0.1) is 0 Å². The Bertz CT molecular complexity index is 501. The highest BCUT2D eigenvalue weighted by Gasteiger charge is 2.13. The van der Waals surface area contributed by atoms with E-state index in [1.165, 1.54) is 24.3 Å². The number of furan rings is 1. The highest BCUT2D eigenvalue weighted by Crippen LogP contribution is 2.17. The van der Waals surface area contributed by atoms with Gasteiger partial charge in [0, 0.05) is 19.9 Å². The van der Waals surface area contributed by atoms with E-state index in [4.69, 9.17) is 13.9 Å². The molecule has 0 radical (unpaired) electrons. The Kier molecular flexibility index (Phi) is 4.81. The van der Waals surface area contributed by atoms with Crippen molar-refractivity contribution in [1.82, 2.24) is 0 Å². The number of carbonyl (C=O) groups is 2. The molecule has 0 saturated carbocycles. The van der Waals surface area contributed by atoms with E-state index in [2.05, 4.69) is 0 Å². The fourth-order valence-corrected chi connectivity index (χ4v) is 1.13. The summed E-state index contributed by atoms with van der Waals surface area (Å²) in [5, 5.41) is 10.4. The molecule has 0 N–H and O–H groups in total. The molecule has 19 heavy (non-hydrogen) atoms. The number of nitrogens with zero attached hydrogens (tertiary/aromatic N) is 1. The number of ether oxygens (including phenoxy) is 2. The summed E-state index contributed by atoms with van der Waals surface area (Å²) in [6.45, 7) is 2.31. The van der Waals surface area contributed by atoms with Gasteiger partial charge in [-0.2, -0.15) is 0 Å². The molecular weight excluding hydrogens is 258 g/mol. The van der Waals surface area contributed by atoms with Crippen molar-refractivity contribution >= 4 is 23.9 Å². The summed E-state index contributed by atoms with van der Waals surface area (Å²) in [5.41, 5.74) is 0. The smallest absolute Gasteiger partial charge is 0.421 e. The maximum atomic E-state index is 10.8. The van der Waals surface area contributed by atoms with Crippen LogP contribution in [0, 0.1) is 10.1 Å². The standard InChI is InChI=1S/C11H11NO7/c1-7(13)17-11(18-8(2)14)6-4-9-3-5-10(19-9)12(15)16/h3-6,11H,1-2H3/b6-4+. The third-order valence-corrected chi connectivity index (χ3v) is 1.77. The van der Waals surface area contributed by atoms with E-state index in [0.29, 0.717) is 0 Å². The quantitative estimate of drug-likeness (QED) is 0.346. The number of hydrogen-bond donors (Lipinski definition) is 0. The van der Waals surface area contributed by atoms with Crippen molar-refractivity contribution in [3.63, 3.8) is 0 Å². The average Bonchev–Trinajstić information content (AvgIpc) is 2.73. The Balaban J connectivity index is 2.75. The first-order valence-electron chi connectivity index (χ1n) is 5.15. The number of hydrogen-bond acceptors (Lipinski definition) is 7. The Morgan fingerprint density at radius 2 is 1.89 bits per heavy atom. The molecular formula is C11H11NO7. The third kappa shape index (κ3) is 5.02. The Hall–Kier alpha value is -2.64. The van der Waals surface area contributed by atoms with E-state index in [9.17, 15) is 19.7 Å². The van der Waals surface area contributed by atoms with Crippen LogP contribution in [0.3, 0.4) is 0 Å². The number of nitro groups is 1. The Morgan fingerprint density at radius 3 is 2.32 bits per heavy atom. The largest absolute Gasteiger partial charge is 0.433 e. The van der Waals surface area contributed by atoms with Gasteiger partial charge in [-0.1, -0.05) is 0 Å². The molecule has 0 aromatic carbocycles. The van der Waals surface area contributed by atoms with E-state index < -0.39 is 29.0 Å². The number of esters is 2. The fraction of sp³-hybridized carbons (Fsp3) is 0.273. The molecule has 0 aliphatic heterocycles. The molecule has 0 atom stereocenters. The normalized spacial score (nSPS) is 10.7. The van der Waals surface area contributed by atoms with Crippen molar-refractivity contribution in [1.29, 1.82) is 0 Å². The van der Waals surface area contributed by atoms with Crippen molar-refractivity contribution in [3.8, 4) is 0 Å². The molecule has 0 spiro atoms. The van der Waals surface area contributed by atoms with Gasteiger partial charge in [0.2, 0.25) is 0 Å². The zero-order valence-electron chi connectivity index (χ0n) is 10.2. The summed E-state index contributed by atoms with van der Waals surface area (Å²) in [7, 11) is 0. The summed E-state index contributed by atoms with van der Waals surface area (Å²) in [6, 6.07) is 2.53. The van der Waals surface area contributed by atoms with E-state index in [-0.39, 0.29) is 5.76 Å². The fourth-order valence-electron chi connectivity index (χ4n) is 1.13. The minimum atomic E-state index is -1.21. The van der Waals surface area contributed by atoms with E-state index in [0.717, 1.165) is 13.8 Å². The van der Waals surface area contributed by atoms with Crippen LogP contribution in [0.25, 0.3) is 6.08 Å². The summed E-state index contributed by atoms with van der Waals surface area (Å²) in [4.78, 5) is 31.3. The maximum Gasteiger partial charge on any atom is 0.433 e. The van der Waals surface area contributed by atoms with Gasteiger partial charge in [0.1, 0.15) is 10.7 Å². The lowest BCUT2D eigenvalue weighted by Crippen LogP contribution is -2.19. The molecule has 1 aromatic heterocycles. The lowest BCUT2D eigenvalue weighted by molar-refractivity contribution is -0.402. The van der Waals surface area contributed by atoms with Crippen molar-refractivity contribution in [2.24, 2.45) is 0 Å². The Labute approximate surface area is 107 Å². The molecule has 102 valence electrons. The van der Waals surface area contributed by atoms with Gasteiger partial charge in [0.25, 0.3) is 6.29 Å². The molecule has 8 nitrogen and oxygen atoms in total. The lowest BCUT2D eigenvalue weighted by atomic mass is 10.4. The zero-order chi connectivity index (χ0) is 14.4. The van der Waals surface area contributed by atoms with Crippen LogP contribution in [0.4, 0.5) is 5.88 Å². The second kappa shape index (κ2) is 6.34. The summed E-state index contributed by atoms with van der Waals surface area (Å²) in [6.07, 6.45) is 1.31. The first kappa shape index (κ1) is 14.4. The van der Waals surface area contributed by atoms with Crippen molar-refractivity contribution in [3.05, 3.63) is 34.1 Å². The minimum absolute atomic E-state index is 0.163. The molecule has 0 saturated heterocycles. The van der Waals surface area contributed by atoms with Gasteiger partial charge in [-0.25, -0.2) is 0 Å². The van der Waals surface area contributed by atoms with Crippen LogP contribution >= 0.6 is 0 Å². The lowest BCUT2D eigenvalue weighted by Gasteiger charge is -2.11. The van der Waals surface area contributed by atoms with Crippen LogP contribution in [0.2, 0.25) is 0 Å². The topological polar surface area (TPSA) is 109 Å². The van der Waals surface area contributed by atoms with Crippen LogP contribution in [0.5, 0.6) is 0 Å². The van der Waals surface area contributed by atoms with E-state index in [1.54, 1.807) is 0 Å². The van der Waals surface area contributed by atoms with Gasteiger partial charge in [0.15, 0.2) is 0 Å². The van der Waals surface area contributed by atoms with Gasteiger partial charge in [-0.3, -0.25) is 19.7 Å². The van der Waals surface area contributed by atoms with Crippen LogP contribution in [-0.2, 0) is 19.1 Å². The summed E-state index contributed by atoms with van der Waals surface area (Å²) < 4.78 is 14.2. The molecule has 0 aliphatic carbocycles. The highest BCUT2D eigenvalue weighted by atomic mass is 16.7. The van der Waals surface area contributed by atoms with Crippen molar-refractivity contribution in [2.45, 2.75) is 20.1 Å². The van der Waals surface area contributed by atoms with Crippen LogP contribution in [0.1, 0.15) is 19.6 Å². The monoisotopic (exact) mass is 269 g/mol. The first-order valence-corrected chi connectivity index (χ1v) is 5.15. The molecule has 0 aliphatic rings. The molecule has 0 bridgehead atoms. The van der Waals surface area contributed by atoms with Crippen LogP contribution in [-0.4, -0.2) is 23.2 Å². The van der Waals surface area contributed by atoms with Gasteiger partial charge < -0.3 is 13.9 Å². The van der Waals surface area contributed by atoms with Crippen molar-refractivity contribution < 1.29 is 28.4 Å². The number of rotatable bonds is 5. The molecule has 0 unspecified atom stereocenters. The predicted octanol–water partition coefficient (Wildman–Crippen LogP) is 1.65. The molecule has 1 rings (SSSR count). The second-order valence-corrected chi connectivity index (χ2v) is 3.38. The SMILES string of the molecule is CC(=O)OC(/C=C/c1ccc([N+](=O)[O-])o1)OC(C)=O. The minimum Gasteiger partial charge on any atom is -0.421 e. The maximum absolute atomic E-state index is 10.8. The third-order valence-electron chi connectivity index (χ3n) is 1.77. The van der Waals surface area contributed by atoms with Gasteiger partial charge in [0.05, 0.1) is 6.07 Å². The first-order chi connectivity index (χ1) is 8.88. The second-order valence-electron chi connectivity index (χ2n) is 3.38. The van der Waals surface area contributed by atoms with Gasteiger partial charge in [-0.05, 0) is 12.1 Å². The Morgan fingerprint density at radius 1 is 1.32 bits per heavy atom. The molecule has 0 amide bonds. The molecule has 1 aromatic rings. The predicted molar refractivity (Wildman–Crippen MR) is 61.7 cm³/mol. The van der Waals surface area contributed by atoms with Gasteiger partial charge >= 0.3 is 17.8 Å². The molecule has 1 heterocycles. The molecule has 8 heteroatoms. The van der Waals surface area contributed by atoms with E-state index in [1.807, 2.05) is 0 Å². The average molecular weight is 269 g/mol.